The van der Waals surface area contributed by atoms with Crippen LogP contribution < -0.4 is 24.4 Å². The highest BCUT2D eigenvalue weighted by Gasteiger charge is 2.34. The molecule has 0 bridgehead atoms. The van der Waals surface area contributed by atoms with Crippen molar-refractivity contribution in [3.63, 3.8) is 0 Å². The Morgan fingerprint density at radius 1 is 1.15 bits per heavy atom. The van der Waals surface area contributed by atoms with Crippen LogP contribution in [0.4, 0.5) is 5.69 Å². The van der Waals surface area contributed by atoms with Gasteiger partial charge in [-0.2, -0.15) is 0 Å². The van der Waals surface area contributed by atoms with E-state index in [0.717, 1.165) is 11.3 Å². The van der Waals surface area contributed by atoms with E-state index in [1.54, 1.807) is 51.1 Å². The second-order valence-corrected chi connectivity index (χ2v) is 9.40. The third-order valence-electron chi connectivity index (χ3n) is 5.73. The van der Waals surface area contributed by atoms with Gasteiger partial charge < -0.3 is 14.2 Å². The molecule has 0 saturated carbocycles. The Morgan fingerprint density at radius 2 is 1.92 bits per heavy atom. The van der Waals surface area contributed by atoms with Crippen LogP contribution in [0.15, 0.2) is 63.5 Å². The molecule has 0 fully saturated rings. The summed E-state index contributed by atoms with van der Waals surface area (Å²) in [6.45, 7) is 6.81. The highest BCUT2D eigenvalue weighted by atomic mass is 32.1. The van der Waals surface area contributed by atoms with Crippen LogP contribution in [0.3, 0.4) is 0 Å². The molecule has 1 aliphatic rings. The van der Waals surface area contributed by atoms with Crippen molar-refractivity contribution in [3.05, 3.63) is 94.7 Å². The Morgan fingerprint density at radius 3 is 2.59 bits per heavy atom. The molecule has 1 atom stereocenters. The number of non-ortho nitro benzene ring substituents is 1. The molecule has 11 nitrogen and oxygen atoms in total. The first-order chi connectivity index (χ1) is 18.6. The number of rotatable bonds is 8. The second-order valence-electron chi connectivity index (χ2n) is 8.39. The minimum Gasteiger partial charge on any atom is -0.490 e. The molecule has 12 heteroatoms. The molecule has 0 N–H and O–H groups in total. The van der Waals surface area contributed by atoms with Crippen molar-refractivity contribution in [1.82, 2.24) is 4.57 Å². The van der Waals surface area contributed by atoms with Crippen LogP contribution >= 0.6 is 11.3 Å². The smallest absolute Gasteiger partial charge is 0.338 e. The Balaban J connectivity index is 1.91. The second kappa shape index (κ2) is 11.4. The minimum atomic E-state index is -0.979. The molecule has 2 aromatic carbocycles. The first kappa shape index (κ1) is 27.5. The van der Waals surface area contributed by atoms with Gasteiger partial charge in [0.15, 0.2) is 16.3 Å². The number of carbonyl (C=O) groups excluding carboxylic acids is 2. The number of allylic oxidation sites excluding steroid dienone is 1. The molecule has 1 unspecified atom stereocenters. The van der Waals surface area contributed by atoms with Crippen molar-refractivity contribution < 1.29 is 28.7 Å². The Labute approximate surface area is 226 Å². The normalized spacial score (nSPS) is 14.9. The number of nitro benzene ring substituents is 1. The summed E-state index contributed by atoms with van der Waals surface area (Å²) in [7, 11) is 0. The van der Waals surface area contributed by atoms with Crippen LogP contribution in [0.5, 0.6) is 11.5 Å². The van der Waals surface area contributed by atoms with E-state index in [1.165, 1.54) is 29.7 Å². The minimum absolute atomic E-state index is 0.104. The van der Waals surface area contributed by atoms with E-state index < -0.39 is 28.5 Å². The van der Waals surface area contributed by atoms with E-state index in [4.69, 9.17) is 14.2 Å². The molecule has 3 aromatic rings. The molecule has 2 heterocycles. The average molecular weight is 552 g/mol. The fraction of sp³-hybridized carbons (Fsp3) is 0.259. The highest BCUT2D eigenvalue weighted by molar-refractivity contribution is 7.07. The average Bonchev–Trinajstić information content (AvgIpc) is 3.19. The van der Waals surface area contributed by atoms with Gasteiger partial charge in [-0.25, -0.2) is 9.79 Å². The van der Waals surface area contributed by atoms with Crippen molar-refractivity contribution in [1.29, 1.82) is 0 Å². The molecule has 0 radical (unpaired) electrons. The van der Waals surface area contributed by atoms with Gasteiger partial charge in [0.05, 0.1) is 40.0 Å². The largest absolute Gasteiger partial charge is 0.490 e. The van der Waals surface area contributed by atoms with Gasteiger partial charge in [0.25, 0.3) is 11.2 Å². The molecular weight excluding hydrogens is 526 g/mol. The van der Waals surface area contributed by atoms with Gasteiger partial charge in [-0.1, -0.05) is 29.5 Å². The number of thiazole rings is 1. The predicted octanol–water partition coefficient (Wildman–Crippen LogP) is 3.03. The zero-order valence-electron chi connectivity index (χ0n) is 21.6. The number of hydrogen-bond acceptors (Lipinski definition) is 10. The van der Waals surface area contributed by atoms with E-state index in [1.807, 2.05) is 0 Å². The van der Waals surface area contributed by atoms with Gasteiger partial charge in [-0.15, -0.1) is 0 Å². The van der Waals surface area contributed by atoms with Crippen molar-refractivity contribution >= 4 is 35.0 Å². The van der Waals surface area contributed by atoms with Crippen LogP contribution in [0.2, 0.25) is 0 Å². The maximum absolute atomic E-state index is 13.7. The topological polar surface area (TPSA) is 139 Å². The van der Waals surface area contributed by atoms with E-state index >= 15 is 0 Å². The summed E-state index contributed by atoms with van der Waals surface area (Å²) >= 11 is 1.11. The molecule has 0 spiro atoms. The summed E-state index contributed by atoms with van der Waals surface area (Å²) in [6, 6.07) is 9.71. The molecule has 0 aliphatic carbocycles. The lowest BCUT2D eigenvalue weighted by Gasteiger charge is -2.24. The molecule has 4 rings (SSSR count). The summed E-state index contributed by atoms with van der Waals surface area (Å²) in [5, 5.41) is 11.5. The third kappa shape index (κ3) is 5.65. The summed E-state index contributed by atoms with van der Waals surface area (Å²) in [6.07, 6.45) is 1.64. The maximum atomic E-state index is 13.7. The third-order valence-corrected chi connectivity index (χ3v) is 6.72. The SMILES string of the molecule is CCOC(=O)C1=C(C)N=c2sc(=Cc3ccc(OC(C)=O)c(OCC)c3)c(=O)n2C1c1cccc([N+](=O)[O-])c1. The summed E-state index contributed by atoms with van der Waals surface area (Å²) < 4.78 is 17.7. The Bertz CT molecular complexity index is 1690. The standard InChI is InChI=1S/C27H25N3O8S/c1-5-36-21-12-17(10-11-20(21)38-16(4)31)13-22-25(32)29-24(18-8-7-9-19(14-18)30(34)35)23(26(33)37-6-2)15(3)28-27(29)39-22/h7-14,24H,5-6H2,1-4H3. The predicted molar refractivity (Wildman–Crippen MR) is 142 cm³/mol. The molecule has 1 aromatic heterocycles. The fourth-order valence-corrected chi connectivity index (χ4v) is 5.24. The number of hydrogen-bond donors (Lipinski definition) is 0. The van der Waals surface area contributed by atoms with Crippen molar-refractivity contribution in [2.24, 2.45) is 4.99 Å². The van der Waals surface area contributed by atoms with Gasteiger partial charge in [0.1, 0.15) is 0 Å². The molecule has 39 heavy (non-hydrogen) atoms. The van der Waals surface area contributed by atoms with E-state index in [0.29, 0.717) is 38.5 Å². The molecule has 202 valence electrons. The zero-order valence-corrected chi connectivity index (χ0v) is 22.4. The molecular formula is C27H25N3O8S. The summed E-state index contributed by atoms with van der Waals surface area (Å²) in [5.41, 5.74) is 0.838. The fourth-order valence-electron chi connectivity index (χ4n) is 4.19. The Hall–Kier alpha value is -4.58. The molecule has 1 aliphatic heterocycles. The summed E-state index contributed by atoms with van der Waals surface area (Å²) in [5.74, 6) is -0.564. The lowest BCUT2D eigenvalue weighted by Crippen LogP contribution is -2.40. The molecule has 0 saturated heterocycles. The van der Waals surface area contributed by atoms with Gasteiger partial charge in [-0.05, 0) is 50.1 Å². The van der Waals surface area contributed by atoms with E-state index in [-0.39, 0.29) is 23.6 Å². The van der Waals surface area contributed by atoms with Crippen molar-refractivity contribution in [3.8, 4) is 11.5 Å². The number of aromatic nitrogens is 1. The van der Waals surface area contributed by atoms with Gasteiger partial charge in [0, 0.05) is 19.1 Å². The van der Waals surface area contributed by atoms with Gasteiger partial charge in [0.2, 0.25) is 0 Å². The van der Waals surface area contributed by atoms with Crippen molar-refractivity contribution in [2.45, 2.75) is 33.7 Å². The monoisotopic (exact) mass is 551 g/mol. The first-order valence-electron chi connectivity index (χ1n) is 12.0. The quantitative estimate of drug-likeness (QED) is 0.180. The van der Waals surface area contributed by atoms with Crippen LogP contribution in [-0.4, -0.2) is 34.6 Å². The van der Waals surface area contributed by atoms with Gasteiger partial charge >= 0.3 is 11.9 Å². The number of nitro groups is 1. The lowest BCUT2D eigenvalue weighted by atomic mass is 9.95. The Kier molecular flexibility index (Phi) is 8.05. The lowest BCUT2D eigenvalue weighted by molar-refractivity contribution is -0.384. The number of nitrogens with zero attached hydrogens (tertiary/aromatic N) is 3. The maximum Gasteiger partial charge on any atom is 0.338 e. The van der Waals surface area contributed by atoms with Gasteiger partial charge in [-0.3, -0.25) is 24.3 Å². The highest BCUT2D eigenvalue weighted by Crippen LogP contribution is 2.32. The number of carbonyl (C=O) groups is 2. The summed E-state index contributed by atoms with van der Waals surface area (Å²) in [4.78, 5) is 53.9. The first-order valence-corrected chi connectivity index (χ1v) is 12.9. The zero-order chi connectivity index (χ0) is 28.3. The number of fused-ring (bicyclic) bond motifs is 1. The number of ether oxygens (including phenoxy) is 3. The van der Waals surface area contributed by atoms with Crippen molar-refractivity contribution in [2.75, 3.05) is 13.2 Å². The van der Waals surface area contributed by atoms with Crippen LogP contribution in [0, 0.1) is 10.1 Å². The van der Waals surface area contributed by atoms with E-state index in [2.05, 4.69) is 4.99 Å². The van der Waals surface area contributed by atoms with Crippen LogP contribution in [0.1, 0.15) is 44.9 Å². The number of benzene rings is 2. The number of esters is 2. The van der Waals surface area contributed by atoms with Crippen LogP contribution in [-0.2, 0) is 14.3 Å². The van der Waals surface area contributed by atoms with Crippen LogP contribution in [0.25, 0.3) is 6.08 Å². The molecule has 0 amide bonds. The van der Waals surface area contributed by atoms with E-state index in [9.17, 15) is 24.5 Å².